The molecule has 0 unspecified atom stereocenters. The highest BCUT2D eigenvalue weighted by Gasteiger charge is 2.36. The number of anilines is 1. The third-order valence-corrected chi connectivity index (χ3v) is 6.46. The summed E-state index contributed by atoms with van der Waals surface area (Å²) in [7, 11) is 1.50. The molecule has 0 bridgehead atoms. The summed E-state index contributed by atoms with van der Waals surface area (Å²) in [6.45, 7) is 3.53. The molecule has 174 valence electrons. The predicted molar refractivity (Wildman–Crippen MR) is 134 cm³/mol. The summed E-state index contributed by atoms with van der Waals surface area (Å²) in [6.07, 6.45) is 2.28. The maximum atomic E-state index is 12.8. The number of nitrogens with one attached hydrogen (secondary N) is 1. The zero-order valence-corrected chi connectivity index (χ0v) is 21.3. The monoisotopic (exact) mass is 552 g/mol. The Bertz CT molecular complexity index is 1110. The second-order valence-corrected chi connectivity index (χ2v) is 9.51. The fourth-order valence-electron chi connectivity index (χ4n) is 2.89. The number of imide groups is 1. The van der Waals surface area contributed by atoms with Gasteiger partial charge in [-0.2, -0.15) is 0 Å². The van der Waals surface area contributed by atoms with Gasteiger partial charge in [0, 0.05) is 10.2 Å². The first-order chi connectivity index (χ1) is 15.7. The molecule has 3 amide bonds. The van der Waals surface area contributed by atoms with E-state index in [0.717, 1.165) is 27.6 Å². The Hall–Kier alpha value is -2.49. The van der Waals surface area contributed by atoms with Crippen molar-refractivity contribution in [2.75, 3.05) is 19.0 Å². The average molecular weight is 554 g/mol. The largest absolute Gasteiger partial charge is 0.493 e. The molecule has 0 spiro atoms. The number of hydrogen-bond donors (Lipinski definition) is 1. The number of rotatable bonds is 8. The van der Waals surface area contributed by atoms with E-state index in [0.29, 0.717) is 27.8 Å². The maximum Gasteiger partial charge on any atom is 0.294 e. The quantitative estimate of drug-likeness (QED) is 0.406. The van der Waals surface area contributed by atoms with Gasteiger partial charge in [-0.15, -0.1) is 0 Å². The minimum Gasteiger partial charge on any atom is -0.493 e. The van der Waals surface area contributed by atoms with E-state index in [9.17, 15) is 14.4 Å². The molecule has 1 aliphatic rings. The molecule has 1 aliphatic heterocycles. The standard InChI is InChI=1S/C23H22BrClN2O5S/c1-4-13(2)32-21-17(25)9-14(10-18(21)31-3)11-19-22(29)27(23(30)33-19)12-20(28)26-16-7-5-15(24)6-8-16/h5-11,13H,4,12H2,1-3H3,(H,26,28)/b19-11-/t13-/m0/s1. The zero-order chi connectivity index (χ0) is 24.1. The van der Waals surface area contributed by atoms with E-state index >= 15 is 0 Å². The smallest absolute Gasteiger partial charge is 0.294 e. The molecule has 1 N–H and O–H groups in total. The summed E-state index contributed by atoms with van der Waals surface area (Å²) >= 11 is 10.5. The lowest BCUT2D eigenvalue weighted by Gasteiger charge is -2.17. The number of methoxy groups -OCH3 is 1. The lowest BCUT2D eigenvalue weighted by atomic mass is 10.1. The SMILES string of the molecule is CC[C@H](C)Oc1c(Cl)cc(/C=C2\SC(=O)N(CC(=O)Nc3ccc(Br)cc3)C2=O)cc1OC. The van der Waals surface area contributed by atoms with Crippen LogP contribution in [0, 0.1) is 0 Å². The lowest BCUT2D eigenvalue weighted by Crippen LogP contribution is -2.36. The molecule has 1 saturated heterocycles. The summed E-state index contributed by atoms with van der Waals surface area (Å²) in [5, 5.41) is 2.47. The number of ether oxygens (including phenoxy) is 2. The molecule has 0 aromatic heterocycles. The highest BCUT2D eigenvalue weighted by Crippen LogP contribution is 2.39. The number of hydrogen-bond acceptors (Lipinski definition) is 6. The van der Waals surface area contributed by atoms with Crippen molar-refractivity contribution in [1.29, 1.82) is 0 Å². The molecule has 7 nitrogen and oxygen atoms in total. The highest BCUT2D eigenvalue weighted by molar-refractivity contribution is 9.10. The van der Waals surface area contributed by atoms with E-state index < -0.39 is 17.1 Å². The number of amides is 3. The second-order valence-electron chi connectivity index (χ2n) is 7.19. The Morgan fingerprint density at radius 3 is 2.61 bits per heavy atom. The lowest BCUT2D eigenvalue weighted by molar-refractivity contribution is -0.127. The second kappa shape index (κ2) is 11.1. The fourth-order valence-corrected chi connectivity index (χ4v) is 4.25. The van der Waals surface area contributed by atoms with E-state index in [1.165, 1.54) is 7.11 Å². The van der Waals surface area contributed by atoms with E-state index in [4.69, 9.17) is 21.1 Å². The molecular formula is C23H22BrClN2O5S. The first kappa shape index (κ1) is 25.1. The Labute approximate surface area is 209 Å². The van der Waals surface area contributed by atoms with Gasteiger partial charge in [-0.25, -0.2) is 0 Å². The van der Waals surface area contributed by atoms with E-state index in [2.05, 4.69) is 21.2 Å². The minimum absolute atomic E-state index is 0.0534. The van der Waals surface area contributed by atoms with Gasteiger partial charge >= 0.3 is 0 Å². The van der Waals surface area contributed by atoms with Crippen LogP contribution in [-0.2, 0) is 9.59 Å². The maximum absolute atomic E-state index is 12.8. The van der Waals surface area contributed by atoms with Crippen LogP contribution in [0.1, 0.15) is 25.8 Å². The number of halogens is 2. The number of nitrogens with zero attached hydrogens (tertiary/aromatic N) is 1. The third kappa shape index (κ3) is 6.31. The van der Waals surface area contributed by atoms with Gasteiger partial charge in [-0.05, 0) is 73.1 Å². The van der Waals surface area contributed by atoms with Gasteiger partial charge in [-0.3, -0.25) is 19.3 Å². The molecule has 0 saturated carbocycles. The number of benzene rings is 2. The average Bonchev–Trinajstić information content (AvgIpc) is 3.04. The molecule has 2 aromatic carbocycles. The van der Waals surface area contributed by atoms with Crippen molar-refractivity contribution in [2.45, 2.75) is 26.4 Å². The molecule has 1 heterocycles. The predicted octanol–water partition coefficient (Wildman–Crippen LogP) is 5.96. The molecule has 0 radical (unpaired) electrons. The number of carbonyl (C=O) groups excluding carboxylic acids is 3. The molecule has 0 aliphatic carbocycles. The summed E-state index contributed by atoms with van der Waals surface area (Å²) in [5.74, 6) is -0.186. The topological polar surface area (TPSA) is 84.9 Å². The van der Waals surface area contributed by atoms with Crippen molar-refractivity contribution in [2.24, 2.45) is 0 Å². The van der Waals surface area contributed by atoms with Gasteiger partial charge in [0.25, 0.3) is 11.1 Å². The van der Waals surface area contributed by atoms with Crippen molar-refractivity contribution in [3.8, 4) is 11.5 Å². The van der Waals surface area contributed by atoms with Crippen LogP contribution >= 0.6 is 39.3 Å². The Balaban J connectivity index is 1.75. The Morgan fingerprint density at radius 2 is 1.97 bits per heavy atom. The molecular weight excluding hydrogens is 532 g/mol. The van der Waals surface area contributed by atoms with Crippen LogP contribution in [0.5, 0.6) is 11.5 Å². The molecule has 1 atom stereocenters. The molecule has 33 heavy (non-hydrogen) atoms. The zero-order valence-electron chi connectivity index (χ0n) is 18.2. The first-order valence-electron chi connectivity index (χ1n) is 10.1. The minimum atomic E-state index is -0.550. The van der Waals surface area contributed by atoms with Gasteiger partial charge in [0.15, 0.2) is 11.5 Å². The number of thioether (sulfide) groups is 1. The van der Waals surface area contributed by atoms with Crippen LogP contribution in [0.3, 0.4) is 0 Å². The van der Waals surface area contributed by atoms with Gasteiger partial charge in [0.05, 0.1) is 23.1 Å². The van der Waals surface area contributed by atoms with Crippen molar-refractivity contribution in [3.63, 3.8) is 0 Å². The molecule has 1 fully saturated rings. The normalized spacial score (nSPS) is 15.7. The third-order valence-electron chi connectivity index (χ3n) is 4.75. The number of carbonyl (C=O) groups is 3. The van der Waals surface area contributed by atoms with Crippen LogP contribution in [0.15, 0.2) is 45.8 Å². The van der Waals surface area contributed by atoms with E-state index in [-0.39, 0.29) is 17.6 Å². The van der Waals surface area contributed by atoms with E-state index in [1.54, 1.807) is 42.5 Å². The van der Waals surface area contributed by atoms with Crippen LogP contribution in [0.2, 0.25) is 5.02 Å². The van der Waals surface area contributed by atoms with Crippen molar-refractivity contribution >= 4 is 68.1 Å². The van der Waals surface area contributed by atoms with Gasteiger partial charge < -0.3 is 14.8 Å². The van der Waals surface area contributed by atoms with Crippen LogP contribution in [0.4, 0.5) is 10.5 Å². The summed E-state index contributed by atoms with van der Waals surface area (Å²) in [4.78, 5) is 38.6. The molecule has 2 aromatic rings. The van der Waals surface area contributed by atoms with Crippen molar-refractivity contribution < 1.29 is 23.9 Å². The van der Waals surface area contributed by atoms with Crippen LogP contribution in [0.25, 0.3) is 6.08 Å². The van der Waals surface area contributed by atoms with Crippen LogP contribution in [-0.4, -0.2) is 41.7 Å². The summed E-state index contributed by atoms with van der Waals surface area (Å²) in [6, 6.07) is 10.3. The Kier molecular flexibility index (Phi) is 8.45. The van der Waals surface area contributed by atoms with Crippen molar-refractivity contribution in [1.82, 2.24) is 4.90 Å². The van der Waals surface area contributed by atoms with Crippen molar-refractivity contribution in [3.05, 3.63) is 56.4 Å². The molecule has 3 rings (SSSR count). The molecule has 10 heteroatoms. The fraction of sp³-hybridized carbons (Fsp3) is 0.261. The highest BCUT2D eigenvalue weighted by atomic mass is 79.9. The van der Waals surface area contributed by atoms with Gasteiger partial charge in [0.1, 0.15) is 6.54 Å². The first-order valence-corrected chi connectivity index (χ1v) is 12.1. The van der Waals surface area contributed by atoms with E-state index in [1.807, 2.05) is 13.8 Å². The van der Waals surface area contributed by atoms with Crippen LogP contribution < -0.4 is 14.8 Å². The van der Waals surface area contributed by atoms with Gasteiger partial charge in [-0.1, -0.05) is 34.5 Å². The summed E-state index contributed by atoms with van der Waals surface area (Å²) in [5.41, 5.74) is 1.13. The van der Waals surface area contributed by atoms with Gasteiger partial charge in [0.2, 0.25) is 5.91 Å². The summed E-state index contributed by atoms with van der Waals surface area (Å²) < 4.78 is 12.1. The Morgan fingerprint density at radius 1 is 1.27 bits per heavy atom.